The fraction of sp³-hybridized carbons (Fsp3) is 0.792. The summed E-state index contributed by atoms with van der Waals surface area (Å²) < 4.78 is 161. The molecule has 0 saturated carbocycles. The Balaban J connectivity index is 0.000000288. The molecule has 6 rings (SSSR count). The number of rotatable bonds is 24. The molecular formula is C48H92N3O30P9. The van der Waals surface area contributed by atoms with Crippen molar-refractivity contribution < 1.29 is 139 Å². The van der Waals surface area contributed by atoms with Crippen molar-refractivity contribution in [3.63, 3.8) is 0 Å². The van der Waals surface area contributed by atoms with Crippen molar-refractivity contribution in [2.75, 3.05) is 52.9 Å². The van der Waals surface area contributed by atoms with Crippen molar-refractivity contribution in [1.82, 2.24) is 14.7 Å². The molecule has 0 amide bonds. The van der Waals surface area contributed by atoms with Gasteiger partial charge < -0.3 is 73.0 Å². The molecule has 0 aromatic rings. The molecule has 0 spiro atoms. The van der Waals surface area contributed by atoms with Crippen LogP contribution in [0, 0.1) is 45.8 Å². The number of likely N-dealkylation sites (tertiary alicyclic amines) is 1. The van der Waals surface area contributed by atoms with E-state index in [1.807, 2.05) is 91.3 Å². The first-order valence-electron chi connectivity index (χ1n) is 28.1. The van der Waals surface area contributed by atoms with Crippen LogP contribution in [0.5, 0.6) is 0 Å². The second-order valence-electron chi connectivity index (χ2n) is 25.3. The van der Waals surface area contributed by atoms with Crippen molar-refractivity contribution >= 4 is 69.7 Å². The van der Waals surface area contributed by atoms with Crippen molar-refractivity contribution in [3.8, 4) is 0 Å². The van der Waals surface area contributed by atoms with Gasteiger partial charge in [-0.05, 0) is 68.3 Å². The highest BCUT2D eigenvalue weighted by molar-refractivity contribution is 7.69. The standard InChI is InChI=1S/C16H32NO10P3.2C16H30NO10P3/c3*1-11-7-8-12(2)17(9-11)15-16(4,5)13(3)14(25-15)10-24-29(20,21)27-30(22,23)26-28(6,18)19/h11,13-15H,2,7-10H2,1,3-6H3,(H,18,19)(H,20,21)(H,22,23);9,13-15H,2,7-8,10H2,1,3-6H3,(H,18,19)(H,20,21)(H,22,23);7-8,11,13-15H,2,9-10H2,1,3-6H3,(H,18,19)(H,20,21)(H,22,23). The van der Waals surface area contributed by atoms with E-state index in [0.717, 1.165) is 49.3 Å². The van der Waals surface area contributed by atoms with E-state index in [9.17, 15) is 70.4 Å². The summed E-state index contributed by atoms with van der Waals surface area (Å²) >= 11 is 0. The van der Waals surface area contributed by atoms with Gasteiger partial charge in [-0.1, -0.05) is 108 Å². The van der Waals surface area contributed by atoms with E-state index >= 15 is 0 Å². The Morgan fingerprint density at radius 1 is 0.489 bits per heavy atom. The minimum absolute atomic E-state index is 0.0991. The summed E-state index contributed by atoms with van der Waals surface area (Å²) in [5, 5.41) is 0. The number of allylic oxidation sites excluding steroid dienone is 4. The average Bonchev–Trinajstić information content (AvgIpc) is 1.64. The Morgan fingerprint density at radius 3 is 1.20 bits per heavy atom. The topological polar surface area (TPSA) is 456 Å². The molecule has 0 aliphatic carbocycles. The van der Waals surface area contributed by atoms with Gasteiger partial charge in [-0.15, -0.1) is 0 Å². The molecule has 0 radical (unpaired) electrons. The molecule has 9 N–H and O–H groups in total. The summed E-state index contributed by atoms with van der Waals surface area (Å²) in [5.41, 5.74) is 2.75. The second kappa shape index (κ2) is 30.2. The predicted molar refractivity (Wildman–Crippen MR) is 328 cm³/mol. The van der Waals surface area contributed by atoms with E-state index < -0.39 is 114 Å². The first-order chi connectivity index (χ1) is 40.3. The van der Waals surface area contributed by atoms with Crippen LogP contribution in [0.1, 0.15) is 109 Å². The predicted octanol–water partition coefficient (Wildman–Crippen LogP) is 11.1. The second-order valence-corrected chi connectivity index (χ2v) is 40.4. The van der Waals surface area contributed by atoms with E-state index in [1.54, 1.807) is 0 Å². The number of nitrogens with zero attached hydrogens (tertiary/aromatic N) is 3. The lowest BCUT2D eigenvalue weighted by Gasteiger charge is -2.43. The van der Waals surface area contributed by atoms with Crippen LogP contribution in [0.3, 0.4) is 0 Å². The van der Waals surface area contributed by atoms with Gasteiger partial charge in [-0.25, -0.2) is 40.3 Å². The molecule has 6 aliphatic rings. The zero-order valence-corrected chi connectivity index (χ0v) is 61.1. The highest BCUT2D eigenvalue weighted by atomic mass is 31.3. The molecule has 20 unspecified atom stereocenters. The maximum Gasteiger partial charge on any atom is 0.488 e. The van der Waals surface area contributed by atoms with E-state index in [2.05, 4.69) is 70.4 Å². The fourth-order valence-electron chi connectivity index (χ4n) is 10.6. The summed E-state index contributed by atoms with van der Waals surface area (Å²) in [6, 6.07) is 0. The Hall–Kier alpha value is -0.670. The Morgan fingerprint density at radius 2 is 0.833 bits per heavy atom. The molecule has 90 heavy (non-hydrogen) atoms. The monoisotopic (exact) mass is 1470 g/mol. The van der Waals surface area contributed by atoms with Gasteiger partial charge in [0.2, 0.25) is 0 Å². The van der Waals surface area contributed by atoms with Gasteiger partial charge in [-0.2, -0.15) is 12.9 Å². The molecular weight excluding hydrogens is 1380 g/mol. The van der Waals surface area contributed by atoms with Crippen molar-refractivity contribution in [2.24, 2.45) is 45.8 Å². The lowest BCUT2D eigenvalue weighted by atomic mass is 9.77. The fourth-order valence-corrected chi connectivity index (χ4v) is 21.0. The van der Waals surface area contributed by atoms with Gasteiger partial charge in [-0.3, -0.25) is 27.3 Å². The zero-order valence-electron chi connectivity index (χ0n) is 53.0. The minimum Gasteiger partial charge on any atom is -0.352 e. The number of hydrogen-bond donors (Lipinski definition) is 9. The summed E-state index contributed by atoms with van der Waals surface area (Å²) in [6.45, 7) is 38.5. The maximum atomic E-state index is 12.1. The molecule has 6 aliphatic heterocycles. The van der Waals surface area contributed by atoms with Crippen LogP contribution in [0.25, 0.3) is 0 Å². The summed E-state index contributed by atoms with van der Waals surface area (Å²) in [7, 11) is -44.5. The van der Waals surface area contributed by atoms with Gasteiger partial charge >= 0.3 is 69.7 Å². The lowest BCUT2D eigenvalue weighted by molar-refractivity contribution is -0.0912. The van der Waals surface area contributed by atoms with Crippen molar-refractivity contribution in [1.29, 1.82) is 0 Å². The van der Waals surface area contributed by atoms with E-state index in [0.29, 0.717) is 38.4 Å². The summed E-state index contributed by atoms with van der Waals surface area (Å²) in [4.78, 5) is 90.6. The van der Waals surface area contributed by atoms with Gasteiger partial charge in [0.25, 0.3) is 0 Å². The van der Waals surface area contributed by atoms with Crippen LogP contribution in [0.4, 0.5) is 0 Å². The summed E-state index contributed by atoms with van der Waals surface area (Å²) in [5.74, 6) is 0.425. The van der Waals surface area contributed by atoms with E-state index in [4.69, 9.17) is 42.5 Å². The van der Waals surface area contributed by atoms with Crippen LogP contribution in [-0.2, 0) is 94.7 Å². The zero-order chi connectivity index (χ0) is 69.4. The Kier molecular flexibility index (Phi) is 27.4. The van der Waals surface area contributed by atoms with Crippen LogP contribution in [0.2, 0.25) is 0 Å². The quantitative estimate of drug-likeness (QED) is 0.0405. The molecule has 33 nitrogen and oxygen atoms in total. The van der Waals surface area contributed by atoms with Gasteiger partial charge in [0.15, 0.2) is 0 Å². The summed E-state index contributed by atoms with van der Waals surface area (Å²) in [6.07, 6.45) is 6.64. The normalized spacial score (nSPS) is 34.4. The molecule has 4 saturated heterocycles. The molecule has 4 fully saturated rings. The number of phosphoric acid groups is 6. The van der Waals surface area contributed by atoms with Gasteiger partial charge in [0, 0.05) is 72.6 Å². The lowest BCUT2D eigenvalue weighted by Crippen LogP contribution is -2.47. The number of ether oxygens (including phenoxy) is 3. The number of phosphoric ester groups is 3. The van der Waals surface area contributed by atoms with Crippen LogP contribution in [0.15, 0.2) is 60.8 Å². The minimum atomic E-state index is -5.31. The van der Waals surface area contributed by atoms with E-state index in [-0.39, 0.29) is 46.5 Å². The largest absolute Gasteiger partial charge is 0.488 e. The number of hydrogen-bond acceptors (Lipinski definition) is 24. The molecule has 0 aromatic heterocycles. The van der Waals surface area contributed by atoms with Crippen LogP contribution < -0.4 is 0 Å². The molecule has 524 valence electrons. The van der Waals surface area contributed by atoms with E-state index in [1.165, 1.54) is 5.57 Å². The first kappa shape index (κ1) is 81.8. The maximum absolute atomic E-state index is 12.1. The van der Waals surface area contributed by atoms with Crippen LogP contribution in [-0.4, -0.2) is 149 Å². The third-order valence-corrected chi connectivity index (χ3v) is 28.8. The highest BCUT2D eigenvalue weighted by Crippen LogP contribution is 2.69. The molecule has 20 atom stereocenters. The smallest absolute Gasteiger partial charge is 0.352 e. The molecule has 42 heteroatoms. The average molecular weight is 1470 g/mol. The molecule has 6 heterocycles. The van der Waals surface area contributed by atoms with Gasteiger partial charge in [0.05, 0.1) is 38.1 Å². The van der Waals surface area contributed by atoms with Crippen molar-refractivity contribution in [3.05, 3.63) is 60.8 Å². The van der Waals surface area contributed by atoms with Crippen LogP contribution >= 0.6 is 69.7 Å². The third-order valence-electron chi connectivity index (χ3n) is 16.3. The molecule has 0 bridgehead atoms. The first-order valence-corrected chi connectivity index (χ1v) is 43.1. The third kappa shape index (κ3) is 24.1. The highest BCUT2D eigenvalue weighted by Gasteiger charge is 2.55. The SMILES string of the molecule is C=C1C=CC(C)CN1C1OC(COP(=O)(O)OP(=O)(O)OP(C)(=O)O)C(C)C1(C)C.C=C1CCC(C)=CN1C1OC(COP(=O)(O)OP(=O)(O)OP(C)(=O)O)C(C)C1(C)C.C=C1CCC(C)CN1C1OC(COP(=O)(O)OP(=O)(O)OP(C)(=O)O)C(C)C1(C)C. The van der Waals surface area contributed by atoms with Gasteiger partial charge in [0.1, 0.15) is 18.7 Å². The molecule has 0 aromatic carbocycles. The Bertz CT molecular complexity index is 3120. The Labute approximate surface area is 526 Å². The van der Waals surface area contributed by atoms with Crippen molar-refractivity contribution in [2.45, 2.75) is 146 Å². The number of piperidine rings is 1.